The maximum atomic E-state index is 12.7. The van der Waals surface area contributed by atoms with Gasteiger partial charge in [0.25, 0.3) is 5.91 Å². The Bertz CT molecular complexity index is 1190. The third-order valence-corrected chi connectivity index (χ3v) is 7.00. The molecule has 2 amide bonds. The second-order valence-electron chi connectivity index (χ2n) is 8.68. The van der Waals surface area contributed by atoms with Gasteiger partial charge in [0.1, 0.15) is 5.82 Å². The molecule has 0 saturated carbocycles. The average Bonchev–Trinajstić information content (AvgIpc) is 3.58. The summed E-state index contributed by atoms with van der Waals surface area (Å²) >= 11 is 1.72. The highest BCUT2D eigenvalue weighted by Gasteiger charge is 2.37. The van der Waals surface area contributed by atoms with Crippen molar-refractivity contribution in [1.29, 1.82) is 0 Å². The molecule has 2 aromatic heterocycles. The zero-order valence-electron chi connectivity index (χ0n) is 19.5. The van der Waals surface area contributed by atoms with Gasteiger partial charge in [0.2, 0.25) is 5.91 Å². The lowest BCUT2D eigenvalue weighted by Crippen LogP contribution is -2.27. The fourth-order valence-corrected chi connectivity index (χ4v) is 5.06. The van der Waals surface area contributed by atoms with Crippen LogP contribution in [0.1, 0.15) is 31.4 Å². The zero-order valence-corrected chi connectivity index (χ0v) is 20.3. The molecule has 2 unspecified atom stereocenters. The number of hydrogen-bond acceptors (Lipinski definition) is 4. The summed E-state index contributed by atoms with van der Waals surface area (Å²) in [6.45, 7) is 8.98. The van der Waals surface area contributed by atoms with Crippen molar-refractivity contribution in [3.63, 3.8) is 0 Å². The summed E-state index contributed by atoms with van der Waals surface area (Å²) in [5.41, 5.74) is 5.00. The summed E-state index contributed by atoms with van der Waals surface area (Å²) in [5, 5.41) is 7.11. The zero-order chi connectivity index (χ0) is 24.1. The Morgan fingerprint density at radius 2 is 2.12 bits per heavy atom. The Balaban J connectivity index is 1.31. The molecule has 0 radical (unpaired) electrons. The van der Waals surface area contributed by atoms with Gasteiger partial charge in [-0.15, -0.1) is 0 Å². The molecule has 1 aliphatic heterocycles. The Morgan fingerprint density at radius 3 is 2.76 bits per heavy atom. The fraction of sp³-hybridized carbons (Fsp3) is 0.250. The van der Waals surface area contributed by atoms with Crippen LogP contribution in [0, 0.1) is 11.8 Å². The van der Waals surface area contributed by atoms with Gasteiger partial charge in [0.15, 0.2) is 0 Å². The van der Waals surface area contributed by atoms with Gasteiger partial charge in [-0.25, -0.2) is 4.98 Å². The van der Waals surface area contributed by atoms with Crippen molar-refractivity contribution >= 4 is 40.6 Å². The number of aromatic nitrogens is 1. The molecule has 6 heteroatoms. The minimum Gasteiger partial charge on any atom is -0.338 e. The van der Waals surface area contributed by atoms with Crippen molar-refractivity contribution in [3.05, 3.63) is 94.4 Å². The SMILES string of the molecule is C=C/C(C)=C\C(=C/C)C(=O)Nc1ccc(/C=C/C(=O)N2CC3C=C(c4ccsc4)CC3C2)cn1. The van der Waals surface area contributed by atoms with Crippen LogP contribution in [0.15, 0.2) is 83.3 Å². The van der Waals surface area contributed by atoms with E-state index in [0.717, 1.165) is 30.6 Å². The number of allylic oxidation sites excluding steroid dienone is 4. The number of hydrogen-bond donors (Lipinski definition) is 1. The van der Waals surface area contributed by atoms with Crippen molar-refractivity contribution in [2.24, 2.45) is 11.8 Å². The van der Waals surface area contributed by atoms with Crippen LogP contribution in [0.25, 0.3) is 11.6 Å². The minimum atomic E-state index is -0.231. The fourth-order valence-electron chi connectivity index (χ4n) is 4.37. The highest BCUT2D eigenvalue weighted by atomic mass is 32.1. The van der Waals surface area contributed by atoms with Crippen LogP contribution >= 0.6 is 11.3 Å². The topological polar surface area (TPSA) is 62.3 Å². The molecule has 5 nitrogen and oxygen atoms in total. The number of likely N-dealkylation sites (tertiary alicyclic amines) is 1. The van der Waals surface area contributed by atoms with Crippen LogP contribution in [-0.2, 0) is 9.59 Å². The van der Waals surface area contributed by atoms with Crippen molar-refractivity contribution in [1.82, 2.24) is 9.88 Å². The first-order chi connectivity index (χ1) is 16.5. The van der Waals surface area contributed by atoms with E-state index in [0.29, 0.717) is 23.2 Å². The highest BCUT2D eigenvalue weighted by Crippen LogP contribution is 2.41. The molecule has 1 saturated heterocycles. The largest absolute Gasteiger partial charge is 0.338 e. The summed E-state index contributed by atoms with van der Waals surface area (Å²) in [4.78, 5) is 31.4. The molecule has 2 aromatic rings. The standard InChI is InChI=1S/C28H29N3O2S/c1-4-19(3)12-21(5-2)28(33)30-26-8-6-20(15-29-26)7-9-27(32)31-16-24-13-23(14-25(24)17-31)22-10-11-34-18-22/h4-13,15,18,24-25H,1,14,16-17H2,2-3H3,(H,29,30,33)/b9-7+,19-12-,21-5+. The third kappa shape index (κ3) is 5.51. The number of anilines is 1. The van der Waals surface area contributed by atoms with E-state index in [-0.39, 0.29) is 11.8 Å². The molecular formula is C28H29N3O2S. The van der Waals surface area contributed by atoms with Gasteiger partial charge >= 0.3 is 0 Å². The number of amides is 2. The average molecular weight is 472 g/mol. The van der Waals surface area contributed by atoms with E-state index in [9.17, 15) is 9.59 Å². The van der Waals surface area contributed by atoms with E-state index in [2.05, 4.69) is 39.8 Å². The van der Waals surface area contributed by atoms with Gasteiger partial charge in [-0.2, -0.15) is 11.3 Å². The predicted octanol–water partition coefficient (Wildman–Crippen LogP) is 5.74. The molecule has 1 aliphatic carbocycles. The second kappa shape index (κ2) is 10.6. The van der Waals surface area contributed by atoms with Crippen LogP contribution in [0.3, 0.4) is 0 Å². The van der Waals surface area contributed by atoms with Crippen LogP contribution in [0.5, 0.6) is 0 Å². The van der Waals surface area contributed by atoms with E-state index in [1.54, 1.807) is 54.0 Å². The molecule has 0 spiro atoms. The quantitative estimate of drug-likeness (QED) is 0.414. The number of nitrogens with zero attached hydrogens (tertiary/aromatic N) is 2. The summed E-state index contributed by atoms with van der Waals surface area (Å²) < 4.78 is 0. The summed E-state index contributed by atoms with van der Waals surface area (Å²) in [6, 6.07) is 5.74. The Morgan fingerprint density at radius 1 is 1.26 bits per heavy atom. The monoisotopic (exact) mass is 471 g/mol. The van der Waals surface area contributed by atoms with E-state index in [1.165, 1.54) is 11.1 Å². The van der Waals surface area contributed by atoms with Crippen LogP contribution in [0.4, 0.5) is 5.82 Å². The molecule has 174 valence electrons. The van der Waals surface area contributed by atoms with Gasteiger partial charge in [-0.1, -0.05) is 30.4 Å². The molecule has 0 aromatic carbocycles. The molecule has 3 heterocycles. The molecule has 2 aliphatic rings. The number of pyridine rings is 1. The smallest absolute Gasteiger partial charge is 0.256 e. The van der Waals surface area contributed by atoms with E-state index >= 15 is 0 Å². The Labute approximate surface area is 204 Å². The normalized spacial score (nSPS) is 20.4. The molecule has 1 fully saturated rings. The highest BCUT2D eigenvalue weighted by molar-refractivity contribution is 7.08. The summed E-state index contributed by atoms with van der Waals surface area (Å²) in [6.07, 6.45) is 13.7. The Hall–Kier alpha value is -3.51. The molecule has 4 rings (SSSR count). The van der Waals surface area contributed by atoms with Crippen molar-refractivity contribution in [2.75, 3.05) is 18.4 Å². The number of rotatable bonds is 7. The van der Waals surface area contributed by atoms with Gasteiger partial charge < -0.3 is 10.2 Å². The van der Waals surface area contributed by atoms with Gasteiger partial charge in [-0.3, -0.25) is 9.59 Å². The van der Waals surface area contributed by atoms with Gasteiger partial charge in [-0.05, 0) is 89.9 Å². The summed E-state index contributed by atoms with van der Waals surface area (Å²) in [7, 11) is 0. The minimum absolute atomic E-state index is 0.0272. The number of carbonyl (C=O) groups excluding carboxylic acids is 2. The number of nitrogens with one attached hydrogen (secondary N) is 1. The van der Waals surface area contributed by atoms with Crippen molar-refractivity contribution in [2.45, 2.75) is 20.3 Å². The van der Waals surface area contributed by atoms with Crippen LogP contribution in [0.2, 0.25) is 0 Å². The third-order valence-electron chi connectivity index (χ3n) is 6.32. The van der Waals surface area contributed by atoms with Crippen molar-refractivity contribution in [3.8, 4) is 0 Å². The first kappa shape index (κ1) is 23.6. The molecule has 34 heavy (non-hydrogen) atoms. The number of carbonyl (C=O) groups is 2. The van der Waals surface area contributed by atoms with Crippen molar-refractivity contribution < 1.29 is 9.59 Å². The number of fused-ring (bicyclic) bond motifs is 1. The maximum absolute atomic E-state index is 12.7. The summed E-state index contributed by atoms with van der Waals surface area (Å²) in [5.74, 6) is 1.22. The first-order valence-electron chi connectivity index (χ1n) is 11.4. The van der Waals surface area contributed by atoms with Gasteiger partial charge in [0, 0.05) is 30.9 Å². The lowest BCUT2D eigenvalue weighted by molar-refractivity contribution is -0.125. The second-order valence-corrected chi connectivity index (χ2v) is 9.46. The lowest BCUT2D eigenvalue weighted by atomic mass is 9.99. The van der Waals surface area contributed by atoms with Crippen LogP contribution in [-0.4, -0.2) is 34.8 Å². The molecule has 0 bridgehead atoms. The first-order valence-corrected chi connectivity index (χ1v) is 12.4. The lowest BCUT2D eigenvalue weighted by Gasteiger charge is -2.15. The molecule has 1 N–H and O–H groups in total. The van der Waals surface area contributed by atoms with Crippen LogP contribution < -0.4 is 5.32 Å². The Kier molecular flexibility index (Phi) is 7.38. The number of thiophene rings is 1. The molecule has 2 atom stereocenters. The maximum Gasteiger partial charge on any atom is 0.256 e. The van der Waals surface area contributed by atoms with E-state index in [4.69, 9.17) is 0 Å². The molecular weight excluding hydrogens is 442 g/mol. The van der Waals surface area contributed by atoms with E-state index in [1.807, 2.05) is 24.8 Å². The predicted molar refractivity (Wildman–Crippen MR) is 140 cm³/mol. The van der Waals surface area contributed by atoms with Gasteiger partial charge in [0.05, 0.1) is 0 Å². The van der Waals surface area contributed by atoms with E-state index < -0.39 is 0 Å².